The number of hydrogen-bond acceptors (Lipinski definition) is 8. The van der Waals surface area contributed by atoms with E-state index in [1.807, 2.05) is 37.1 Å². The van der Waals surface area contributed by atoms with Gasteiger partial charge >= 0.3 is 12.1 Å². The number of ether oxygens (including phenoxy) is 1. The zero-order valence-corrected chi connectivity index (χ0v) is 28.4. The average Bonchev–Trinajstić information content (AvgIpc) is 3.51. The van der Waals surface area contributed by atoms with E-state index in [2.05, 4.69) is 9.88 Å². The molecule has 9 nitrogen and oxygen atoms in total. The summed E-state index contributed by atoms with van der Waals surface area (Å²) in [6.07, 6.45) is -4.75. The number of aromatic nitrogens is 2. The molecule has 49 heavy (non-hydrogen) atoms. The molecule has 0 spiro atoms. The number of aryl methyl sites for hydroxylation is 2. The molecule has 0 bridgehead atoms. The summed E-state index contributed by atoms with van der Waals surface area (Å²) >= 11 is 7.68. The molecular weight excluding hydrogens is 679 g/mol. The molecule has 1 aliphatic rings. The van der Waals surface area contributed by atoms with Gasteiger partial charge < -0.3 is 14.7 Å². The monoisotopic (exact) mass is 709 g/mol. The smallest absolute Gasteiger partial charge is 0.416 e. The minimum Gasteiger partial charge on any atom is -0.491 e. The zero-order chi connectivity index (χ0) is 35.2. The lowest BCUT2D eigenvalue weighted by atomic mass is 9.96. The number of thiophene rings is 1. The lowest BCUT2D eigenvalue weighted by Gasteiger charge is -2.33. The molecule has 0 atom stereocenters. The molecule has 3 heterocycles. The standard InChI is InChI=1S/C35H31ClF3N5O4S/c1-19-4-6-22(32-30(19)26(18-49-32)34(46)47)23-14-21(36)5-7-29(23)48-13-12-44-20(2)41-28-15-27(35(37,38)39)25(24(16-40)31(28)33(44)45)17-43-10-8-42(3)9-11-43/h4-7,14-15,18H,8-13,17H2,1-3H3,(H,46,47). The number of benzene rings is 3. The van der Waals surface area contributed by atoms with Gasteiger partial charge in [-0.05, 0) is 56.3 Å². The van der Waals surface area contributed by atoms with E-state index in [1.54, 1.807) is 23.6 Å². The third-order valence-electron chi connectivity index (χ3n) is 8.91. The van der Waals surface area contributed by atoms with Crippen molar-refractivity contribution in [3.8, 4) is 22.9 Å². The Morgan fingerprint density at radius 2 is 1.84 bits per heavy atom. The molecule has 0 aliphatic carbocycles. The molecule has 254 valence electrons. The Kier molecular flexibility index (Phi) is 9.43. The van der Waals surface area contributed by atoms with Gasteiger partial charge in [0.15, 0.2) is 0 Å². The van der Waals surface area contributed by atoms with Crippen LogP contribution in [-0.2, 0) is 19.3 Å². The number of nitriles is 1. The number of halogens is 4. The van der Waals surface area contributed by atoms with Crippen molar-refractivity contribution < 1.29 is 27.8 Å². The lowest BCUT2D eigenvalue weighted by molar-refractivity contribution is -0.138. The van der Waals surface area contributed by atoms with Gasteiger partial charge in [0.05, 0.1) is 34.1 Å². The van der Waals surface area contributed by atoms with E-state index in [9.17, 15) is 33.1 Å². The van der Waals surface area contributed by atoms with Crippen LogP contribution in [-0.4, -0.2) is 70.3 Å². The van der Waals surface area contributed by atoms with Crippen molar-refractivity contribution >= 4 is 49.9 Å². The van der Waals surface area contributed by atoms with Crippen molar-refractivity contribution in [3.05, 3.63) is 90.8 Å². The SMILES string of the molecule is Cc1ccc(-c2cc(Cl)ccc2OCCn2c(C)nc3cc(C(F)(F)F)c(CN4CCN(C)CC4)c(C#N)c3c2=O)c2scc(C(=O)O)c12. The van der Waals surface area contributed by atoms with Gasteiger partial charge in [-0.15, -0.1) is 11.3 Å². The second-order valence-corrected chi connectivity index (χ2v) is 13.4. The maximum absolute atomic E-state index is 14.3. The summed E-state index contributed by atoms with van der Waals surface area (Å²) in [7, 11) is 1.94. The number of carbonyl (C=O) groups is 1. The molecule has 0 unspecified atom stereocenters. The lowest BCUT2D eigenvalue weighted by Crippen LogP contribution is -2.44. The van der Waals surface area contributed by atoms with E-state index in [0.717, 1.165) is 21.9 Å². The number of nitrogens with zero attached hydrogens (tertiary/aromatic N) is 5. The maximum Gasteiger partial charge on any atom is 0.416 e. The predicted octanol–water partition coefficient (Wildman–Crippen LogP) is 6.96. The maximum atomic E-state index is 14.3. The van der Waals surface area contributed by atoms with Crippen LogP contribution in [0, 0.1) is 25.2 Å². The molecule has 1 saturated heterocycles. The molecule has 0 amide bonds. The summed E-state index contributed by atoms with van der Waals surface area (Å²) in [5, 5.41) is 22.4. The van der Waals surface area contributed by atoms with E-state index < -0.39 is 23.3 Å². The van der Waals surface area contributed by atoms with Crippen molar-refractivity contribution in [1.29, 1.82) is 5.26 Å². The first-order valence-electron chi connectivity index (χ1n) is 15.4. The number of likely N-dealkylation sites (N-methyl/N-ethyl adjacent to an activating group) is 1. The molecule has 5 aromatic rings. The summed E-state index contributed by atoms with van der Waals surface area (Å²) < 4.78 is 51.3. The van der Waals surface area contributed by atoms with Crippen molar-refractivity contribution in [3.63, 3.8) is 0 Å². The van der Waals surface area contributed by atoms with Gasteiger partial charge in [0.1, 0.15) is 24.3 Å². The highest BCUT2D eigenvalue weighted by Crippen LogP contribution is 2.42. The first-order chi connectivity index (χ1) is 23.3. The molecular formula is C35H31ClF3N5O4S. The Bertz CT molecular complexity index is 2220. The van der Waals surface area contributed by atoms with Crippen LogP contribution in [0.15, 0.2) is 46.6 Å². The van der Waals surface area contributed by atoms with E-state index in [-0.39, 0.29) is 53.1 Å². The molecule has 3 aromatic carbocycles. The number of carboxylic acid groups (broad SMARTS) is 1. The quantitative estimate of drug-likeness (QED) is 0.184. The first-order valence-corrected chi connectivity index (χ1v) is 16.7. The van der Waals surface area contributed by atoms with Crippen molar-refractivity contribution in [1.82, 2.24) is 19.4 Å². The number of rotatable bonds is 8. The Balaban J connectivity index is 1.36. The van der Waals surface area contributed by atoms with E-state index in [0.29, 0.717) is 47.9 Å². The molecule has 0 radical (unpaired) electrons. The fourth-order valence-electron chi connectivity index (χ4n) is 6.33. The Morgan fingerprint density at radius 3 is 2.51 bits per heavy atom. The van der Waals surface area contributed by atoms with Crippen LogP contribution in [0.2, 0.25) is 5.02 Å². The number of piperazine rings is 1. The molecule has 2 aromatic heterocycles. The summed E-state index contributed by atoms with van der Waals surface area (Å²) in [6.45, 7) is 5.59. The summed E-state index contributed by atoms with van der Waals surface area (Å²) in [4.78, 5) is 34.1. The van der Waals surface area contributed by atoms with E-state index in [4.69, 9.17) is 16.3 Å². The topological polar surface area (TPSA) is 112 Å². The van der Waals surface area contributed by atoms with Crippen LogP contribution < -0.4 is 10.3 Å². The van der Waals surface area contributed by atoms with Crippen LogP contribution in [0.1, 0.15) is 38.4 Å². The van der Waals surface area contributed by atoms with Crippen LogP contribution >= 0.6 is 22.9 Å². The number of aromatic carboxylic acids is 1. The van der Waals surface area contributed by atoms with Crippen molar-refractivity contribution in [2.75, 3.05) is 39.8 Å². The molecule has 1 fully saturated rings. The van der Waals surface area contributed by atoms with E-state index in [1.165, 1.54) is 22.8 Å². The van der Waals surface area contributed by atoms with Gasteiger partial charge in [0, 0.05) is 64.3 Å². The van der Waals surface area contributed by atoms with Crippen LogP contribution in [0.25, 0.3) is 32.1 Å². The fraction of sp³-hybridized carbons (Fsp3) is 0.314. The van der Waals surface area contributed by atoms with Gasteiger partial charge in [-0.1, -0.05) is 23.7 Å². The third kappa shape index (κ3) is 6.61. The van der Waals surface area contributed by atoms with Crippen LogP contribution in [0.4, 0.5) is 13.2 Å². The zero-order valence-electron chi connectivity index (χ0n) is 26.8. The fourth-order valence-corrected chi connectivity index (χ4v) is 7.65. The minimum absolute atomic E-state index is 0.0131. The minimum atomic E-state index is -4.75. The van der Waals surface area contributed by atoms with Crippen molar-refractivity contribution in [2.45, 2.75) is 33.1 Å². The molecule has 0 saturated carbocycles. The highest BCUT2D eigenvalue weighted by atomic mass is 35.5. The second kappa shape index (κ2) is 13.4. The van der Waals surface area contributed by atoms with E-state index >= 15 is 0 Å². The number of fused-ring (bicyclic) bond motifs is 2. The Labute approximate surface area is 288 Å². The van der Waals surface area contributed by atoms with Gasteiger partial charge in [-0.25, -0.2) is 9.78 Å². The Hall–Kier alpha value is -4.48. The Morgan fingerprint density at radius 1 is 1.10 bits per heavy atom. The summed E-state index contributed by atoms with van der Waals surface area (Å²) in [6, 6.07) is 11.5. The highest BCUT2D eigenvalue weighted by Gasteiger charge is 2.37. The van der Waals surface area contributed by atoms with Crippen molar-refractivity contribution in [2.24, 2.45) is 0 Å². The van der Waals surface area contributed by atoms with Crippen LogP contribution in [0.5, 0.6) is 5.75 Å². The second-order valence-electron chi connectivity index (χ2n) is 12.1. The number of alkyl halides is 3. The van der Waals surface area contributed by atoms with Gasteiger partial charge in [-0.3, -0.25) is 14.3 Å². The predicted molar refractivity (Wildman–Crippen MR) is 183 cm³/mol. The van der Waals surface area contributed by atoms with Crippen LogP contribution in [0.3, 0.4) is 0 Å². The molecule has 1 aliphatic heterocycles. The largest absolute Gasteiger partial charge is 0.491 e. The first kappa shape index (κ1) is 34.4. The molecule has 6 rings (SSSR count). The number of hydrogen-bond donors (Lipinski definition) is 1. The van der Waals surface area contributed by atoms with Gasteiger partial charge in [0.2, 0.25) is 0 Å². The number of carboxylic acids is 1. The molecule has 14 heteroatoms. The average molecular weight is 710 g/mol. The highest BCUT2D eigenvalue weighted by molar-refractivity contribution is 7.18. The summed E-state index contributed by atoms with van der Waals surface area (Å²) in [5.74, 6) is -0.429. The third-order valence-corrected chi connectivity index (χ3v) is 10.2. The summed E-state index contributed by atoms with van der Waals surface area (Å²) in [5.41, 5.74) is 0.0195. The van der Waals surface area contributed by atoms with Gasteiger partial charge in [0.25, 0.3) is 5.56 Å². The molecule has 1 N–H and O–H groups in total. The van der Waals surface area contributed by atoms with Gasteiger partial charge in [-0.2, -0.15) is 18.4 Å². The normalized spacial score (nSPS) is 14.4.